The molecule has 1 fully saturated rings. The minimum Gasteiger partial charge on any atom is -0.452 e. The Hall–Kier alpha value is -4.06. The first-order valence-electron chi connectivity index (χ1n) is 12.5. The normalized spacial score (nSPS) is 16.3. The molecule has 0 aromatic heterocycles. The lowest BCUT2D eigenvalue weighted by Crippen LogP contribution is -2.48. The van der Waals surface area contributed by atoms with Gasteiger partial charge in [0.05, 0.1) is 21.8 Å². The number of fused-ring (bicyclic) bond motifs is 1. The van der Waals surface area contributed by atoms with Gasteiger partial charge in [-0.15, -0.1) is 0 Å². The minimum absolute atomic E-state index is 0.0126. The van der Waals surface area contributed by atoms with Crippen LogP contribution in [-0.2, 0) is 30.9 Å². The van der Waals surface area contributed by atoms with Gasteiger partial charge in [-0.1, -0.05) is 48.5 Å². The number of para-hydroxylation sites is 2. The van der Waals surface area contributed by atoms with Crippen molar-refractivity contribution in [3.8, 4) is 0 Å². The molecule has 0 radical (unpaired) electrons. The number of amides is 2. The largest absolute Gasteiger partial charge is 0.452 e. The molecular formula is C28H28N4O6S. The topological polar surface area (TPSA) is 116 Å². The summed E-state index contributed by atoms with van der Waals surface area (Å²) in [5.41, 5.74) is 2.19. The van der Waals surface area contributed by atoms with Crippen molar-refractivity contribution < 1.29 is 27.5 Å². The van der Waals surface area contributed by atoms with Crippen molar-refractivity contribution in [3.05, 3.63) is 90.0 Å². The zero-order valence-corrected chi connectivity index (χ0v) is 22.0. The Bertz CT molecular complexity index is 1490. The van der Waals surface area contributed by atoms with Crippen molar-refractivity contribution in [1.82, 2.24) is 9.21 Å². The molecule has 0 unspecified atom stereocenters. The van der Waals surface area contributed by atoms with Gasteiger partial charge in [0.2, 0.25) is 15.9 Å². The number of benzene rings is 3. The third-order valence-electron chi connectivity index (χ3n) is 6.69. The summed E-state index contributed by atoms with van der Waals surface area (Å²) >= 11 is 0. The van der Waals surface area contributed by atoms with Crippen molar-refractivity contribution in [2.24, 2.45) is 0 Å². The average Bonchev–Trinajstić information content (AvgIpc) is 2.96. The second-order valence-electron chi connectivity index (χ2n) is 9.32. The van der Waals surface area contributed by atoms with E-state index >= 15 is 0 Å². The van der Waals surface area contributed by atoms with E-state index in [1.807, 2.05) is 30.3 Å². The highest BCUT2D eigenvalue weighted by atomic mass is 32.2. The molecule has 2 amide bonds. The van der Waals surface area contributed by atoms with Gasteiger partial charge in [-0.2, -0.15) is 4.31 Å². The molecule has 10 nitrogen and oxygen atoms in total. The van der Waals surface area contributed by atoms with E-state index in [-0.39, 0.29) is 22.9 Å². The molecule has 1 N–H and O–H groups in total. The quantitative estimate of drug-likeness (QED) is 0.451. The van der Waals surface area contributed by atoms with Crippen molar-refractivity contribution in [2.75, 3.05) is 49.5 Å². The second-order valence-corrected chi connectivity index (χ2v) is 11.3. The highest BCUT2D eigenvalue weighted by molar-refractivity contribution is 7.89. The molecule has 2 aliphatic heterocycles. The van der Waals surface area contributed by atoms with E-state index in [2.05, 4.69) is 10.2 Å². The minimum atomic E-state index is -3.82. The number of nitrogens with zero attached hydrogens (tertiary/aromatic N) is 3. The molecule has 11 heteroatoms. The van der Waals surface area contributed by atoms with Crippen LogP contribution < -0.4 is 10.2 Å². The van der Waals surface area contributed by atoms with Gasteiger partial charge in [0.15, 0.2) is 6.61 Å². The molecule has 2 aliphatic rings. The number of ether oxygens (including phenoxy) is 1. The Morgan fingerprint density at radius 1 is 0.872 bits per heavy atom. The van der Waals surface area contributed by atoms with Gasteiger partial charge in [-0.25, -0.2) is 13.2 Å². The third-order valence-corrected chi connectivity index (χ3v) is 8.58. The SMILES string of the molecule is O=C1CN(C(=O)COC(=O)c2cccc(S(=O)(=O)N3CCN(Cc4ccccc4)CC3)c2)c2ccccc2N1. The summed E-state index contributed by atoms with van der Waals surface area (Å²) < 4.78 is 33.2. The zero-order chi connectivity index (χ0) is 27.4. The van der Waals surface area contributed by atoms with Crippen LogP contribution in [0.15, 0.2) is 83.8 Å². The lowest BCUT2D eigenvalue weighted by atomic mass is 10.2. The molecule has 1 saturated heterocycles. The highest BCUT2D eigenvalue weighted by Gasteiger charge is 2.30. The molecule has 202 valence electrons. The smallest absolute Gasteiger partial charge is 0.338 e. The van der Waals surface area contributed by atoms with Gasteiger partial charge in [0.25, 0.3) is 5.91 Å². The average molecular weight is 549 g/mol. The van der Waals surface area contributed by atoms with Crippen LogP contribution in [0, 0.1) is 0 Å². The van der Waals surface area contributed by atoms with E-state index in [1.54, 1.807) is 24.3 Å². The van der Waals surface area contributed by atoms with Crippen molar-refractivity contribution in [1.29, 1.82) is 0 Å². The molecule has 0 bridgehead atoms. The molecule has 39 heavy (non-hydrogen) atoms. The molecule has 5 rings (SSSR count). The first-order valence-corrected chi connectivity index (χ1v) is 14.0. The Morgan fingerprint density at radius 3 is 2.36 bits per heavy atom. The van der Waals surface area contributed by atoms with Gasteiger partial charge in [-0.05, 0) is 35.9 Å². The van der Waals surface area contributed by atoms with Crippen LogP contribution >= 0.6 is 0 Å². The summed E-state index contributed by atoms with van der Waals surface area (Å²) in [6.45, 7) is 1.82. The van der Waals surface area contributed by atoms with Crippen LogP contribution in [0.5, 0.6) is 0 Å². The van der Waals surface area contributed by atoms with Crippen LogP contribution in [0.4, 0.5) is 11.4 Å². The lowest BCUT2D eigenvalue weighted by Gasteiger charge is -2.34. The number of carbonyl (C=O) groups is 3. The number of nitrogens with one attached hydrogen (secondary N) is 1. The number of hydrogen-bond acceptors (Lipinski definition) is 7. The zero-order valence-electron chi connectivity index (χ0n) is 21.2. The predicted octanol–water partition coefficient (Wildman–Crippen LogP) is 2.34. The molecule has 2 heterocycles. The predicted molar refractivity (Wildman–Crippen MR) is 145 cm³/mol. The number of esters is 1. The summed E-state index contributed by atoms with van der Waals surface area (Å²) in [4.78, 5) is 40.9. The molecule has 0 atom stereocenters. The fourth-order valence-electron chi connectivity index (χ4n) is 4.65. The van der Waals surface area contributed by atoms with Crippen molar-refractivity contribution in [2.45, 2.75) is 11.4 Å². The number of carbonyl (C=O) groups excluding carboxylic acids is 3. The fourth-order valence-corrected chi connectivity index (χ4v) is 6.12. The van der Waals surface area contributed by atoms with Gasteiger partial charge in [0.1, 0.15) is 6.54 Å². The van der Waals surface area contributed by atoms with Gasteiger partial charge >= 0.3 is 5.97 Å². The molecule has 0 spiro atoms. The van der Waals surface area contributed by atoms with E-state index in [9.17, 15) is 22.8 Å². The number of rotatable bonds is 7. The number of hydrogen-bond donors (Lipinski definition) is 1. The Kier molecular flexibility index (Phi) is 7.73. The van der Waals surface area contributed by atoms with Gasteiger partial charge < -0.3 is 10.1 Å². The second kappa shape index (κ2) is 11.4. The Labute approximate surface area is 226 Å². The Balaban J connectivity index is 1.20. The maximum absolute atomic E-state index is 13.3. The van der Waals surface area contributed by atoms with Crippen LogP contribution in [0.2, 0.25) is 0 Å². The van der Waals surface area contributed by atoms with Crippen molar-refractivity contribution in [3.63, 3.8) is 0 Å². The van der Waals surface area contributed by atoms with Crippen molar-refractivity contribution >= 4 is 39.2 Å². The maximum Gasteiger partial charge on any atom is 0.338 e. The number of anilines is 2. The molecule has 3 aromatic rings. The van der Waals surface area contributed by atoms with Crippen LogP contribution in [0.25, 0.3) is 0 Å². The summed E-state index contributed by atoms with van der Waals surface area (Å²) in [6, 6.07) is 22.5. The summed E-state index contributed by atoms with van der Waals surface area (Å²) in [5, 5.41) is 2.69. The standard InChI is InChI=1S/C28H28N4O6S/c33-26-19-32(25-12-5-4-11-24(25)29-26)27(34)20-38-28(35)22-9-6-10-23(17-22)39(36,37)31-15-13-30(14-16-31)18-21-7-2-1-3-8-21/h1-12,17H,13-16,18-20H2,(H,29,33). The van der Waals surface area contributed by atoms with E-state index < -0.39 is 28.5 Å². The summed E-state index contributed by atoms with van der Waals surface area (Å²) in [5.74, 6) is -1.75. The van der Waals surface area contributed by atoms with Gasteiger partial charge in [0, 0.05) is 32.7 Å². The number of sulfonamides is 1. The lowest BCUT2D eigenvalue weighted by molar-refractivity contribution is -0.124. The first-order chi connectivity index (χ1) is 18.8. The maximum atomic E-state index is 13.3. The van der Waals surface area contributed by atoms with Crippen LogP contribution in [0.1, 0.15) is 15.9 Å². The number of piperazine rings is 1. The van der Waals surface area contributed by atoms with E-state index in [0.717, 1.165) is 6.54 Å². The first kappa shape index (κ1) is 26.5. The monoisotopic (exact) mass is 548 g/mol. The van der Waals surface area contributed by atoms with E-state index in [1.165, 1.54) is 39.0 Å². The van der Waals surface area contributed by atoms with E-state index in [0.29, 0.717) is 37.6 Å². The summed E-state index contributed by atoms with van der Waals surface area (Å²) in [6.07, 6.45) is 0. The molecular weight excluding hydrogens is 520 g/mol. The molecule has 0 aliphatic carbocycles. The Morgan fingerprint density at radius 2 is 1.59 bits per heavy atom. The fraction of sp³-hybridized carbons (Fsp3) is 0.250. The van der Waals surface area contributed by atoms with E-state index in [4.69, 9.17) is 4.74 Å². The van der Waals surface area contributed by atoms with Crippen LogP contribution in [0.3, 0.4) is 0 Å². The van der Waals surface area contributed by atoms with Crippen LogP contribution in [-0.4, -0.2) is 74.7 Å². The molecule has 3 aromatic carbocycles. The molecule has 0 saturated carbocycles. The van der Waals surface area contributed by atoms with Gasteiger partial charge in [-0.3, -0.25) is 19.4 Å². The summed E-state index contributed by atoms with van der Waals surface area (Å²) in [7, 11) is -3.82. The highest BCUT2D eigenvalue weighted by Crippen LogP contribution is 2.29. The third kappa shape index (κ3) is 6.00.